The Labute approximate surface area is 95.7 Å². The summed E-state index contributed by atoms with van der Waals surface area (Å²) in [7, 11) is 0. The lowest BCUT2D eigenvalue weighted by Crippen LogP contribution is -2.22. The minimum Gasteiger partial charge on any atom is -0.461 e. The van der Waals surface area contributed by atoms with Crippen molar-refractivity contribution in [2.75, 3.05) is 6.61 Å². The second-order valence-corrected chi connectivity index (χ2v) is 3.26. The summed E-state index contributed by atoms with van der Waals surface area (Å²) in [6, 6.07) is 0. The molecule has 0 saturated heterocycles. The van der Waals surface area contributed by atoms with Crippen LogP contribution >= 0.6 is 0 Å². The Morgan fingerprint density at radius 2 is 2.41 bits per heavy atom. The van der Waals surface area contributed by atoms with Gasteiger partial charge >= 0.3 is 5.97 Å². The number of esters is 1. The van der Waals surface area contributed by atoms with Crippen LogP contribution in [-0.2, 0) is 16.0 Å². The summed E-state index contributed by atoms with van der Waals surface area (Å²) in [5.74, 6) is -0.235. The molecule has 1 N–H and O–H groups in total. The van der Waals surface area contributed by atoms with Crippen LogP contribution in [0.2, 0.25) is 0 Å². The van der Waals surface area contributed by atoms with Gasteiger partial charge in [0.15, 0.2) is 0 Å². The van der Waals surface area contributed by atoms with E-state index in [1.165, 1.54) is 18.6 Å². The molecule has 0 unspecified atom stereocenters. The molecule has 7 nitrogen and oxygen atoms in total. The number of H-pyrrole nitrogens is 1. The van der Waals surface area contributed by atoms with Crippen LogP contribution < -0.4 is 5.56 Å². The summed E-state index contributed by atoms with van der Waals surface area (Å²) in [5, 5.41) is 2.61. The van der Waals surface area contributed by atoms with Crippen molar-refractivity contribution in [3.8, 4) is 0 Å². The molecule has 0 aliphatic rings. The Balaban J connectivity index is 2.24. The molecule has 17 heavy (non-hydrogen) atoms. The van der Waals surface area contributed by atoms with Crippen molar-refractivity contribution in [2.24, 2.45) is 0 Å². The maximum absolute atomic E-state index is 11.8. The van der Waals surface area contributed by atoms with E-state index in [1.54, 1.807) is 0 Å². The molecular weight excluding hydrogens is 224 g/mol. The van der Waals surface area contributed by atoms with Gasteiger partial charge in [0.05, 0.1) is 6.42 Å². The lowest BCUT2D eigenvalue weighted by Gasteiger charge is -2.01. The molecule has 0 aromatic carbocycles. The lowest BCUT2D eigenvalue weighted by molar-refractivity contribution is -0.141. The van der Waals surface area contributed by atoms with Gasteiger partial charge in [-0.25, -0.2) is 9.97 Å². The van der Waals surface area contributed by atoms with Crippen molar-refractivity contribution in [1.29, 1.82) is 0 Å². The Morgan fingerprint density at radius 1 is 1.59 bits per heavy atom. The first-order valence-electron chi connectivity index (χ1n) is 4.89. The number of ether oxygens (including phenoxy) is 1. The number of rotatable bonds is 4. The van der Waals surface area contributed by atoms with Crippen molar-refractivity contribution in [3.63, 3.8) is 0 Å². The molecular formula is C10H10N4O3. The summed E-state index contributed by atoms with van der Waals surface area (Å²) >= 11 is 0. The van der Waals surface area contributed by atoms with Crippen LogP contribution in [0.1, 0.15) is 5.56 Å². The summed E-state index contributed by atoms with van der Waals surface area (Å²) < 4.78 is 5.95. The fourth-order valence-corrected chi connectivity index (χ4v) is 1.31. The van der Waals surface area contributed by atoms with Gasteiger partial charge in [-0.15, -0.1) is 0 Å². The van der Waals surface area contributed by atoms with E-state index >= 15 is 0 Å². The van der Waals surface area contributed by atoms with E-state index in [2.05, 4.69) is 21.6 Å². The van der Waals surface area contributed by atoms with E-state index < -0.39 is 5.97 Å². The van der Waals surface area contributed by atoms with Gasteiger partial charge in [-0.1, -0.05) is 12.7 Å². The molecule has 0 amide bonds. The predicted octanol–water partition coefficient (Wildman–Crippen LogP) is -0.311. The average molecular weight is 234 g/mol. The van der Waals surface area contributed by atoms with Gasteiger partial charge in [0.25, 0.3) is 11.3 Å². The van der Waals surface area contributed by atoms with Crippen molar-refractivity contribution in [2.45, 2.75) is 6.42 Å². The normalized spacial score (nSPS) is 10.4. The second-order valence-electron chi connectivity index (χ2n) is 3.26. The standard InChI is InChI=1S/C10H10N4O3/c1-2-3-17-8(15)4-7-5-11-10-12-6-13-14(10)9(7)16/h2,5-6H,1,3-4H2,(H,11,12,13). The average Bonchev–Trinajstić information content (AvgIpc) is 2.79. The Morgan fingerprint density at radius 3 is 3.18 bits per heavy atom. The van der Waals surface area contributed by atoms with E-state index in [0.29, 0.717) is 0 Å². The maximum atomic E-state index is 11.8. The van der Waals surface area contributed by atoms with Crippen molar-refractivity contribution >= 4 is 11.7 Å². The molecule has 2 rings (SSSR count). The van der Waals surface area contributed by atoms with Crippen LogP contribution in [0.5, 0.6) is 0 Å². The van der Waals surface area contributed by atoms with Gasteiger partial charge < -0.3 is 4.74 Å². The Bertz CT molecular complexity index is 613. The highest BCUT2D eigenvalue weighted by Gasteiger charge is 2.11. The molecule has 2 aromatic rings. The number of aromatic amines is 1. The summed E-state index contributed by atoms with van der Waals surface area (Å²) in [6.07, 6.45) is 4.01. The largest absolute Gasteiger partial charge is 0.461 e. The summed E-state index contributed by atoms with van der Waals surface area (Å²) in [5.41, 5.74) is -0.108. The van der Waals surface area contributed by atoms with Crippen LogP contribution in [0.4, 0.5) is 0 Å². The molecule has 0 saturated carbocycles. The zero-order chi connectivity index (χ0) is 12.3. The molecule has 0 aliphatic heterocycles. The third-order valence-corrected chi connectivity index (χ3v) is 2.08. The summed E-state index contributed by atoms with van der Waals surface area (Å²) in [6.45, 7) is 3.55. The molecule has 0 spiro atoms. The number of hydrogen-bond donors (Lipinski definition) is 1. The van der Waals surface area contributed by atoms with Gasteiger partial charge in [0.1, 0.15) is 12.9 Å². The van der Waals surface area contributed by atoms with E-state index in [-0.39, 0.29) is 29.9 Å². The molecule has 2 heterocycles. The zero-order valence-corrected chi connectivity index (χ0v) is 8.92. The number of carbonyl (C=O) groups excluding carboxylic acids is 1. The number of aromatic nitrogens is 4. The predicted molar refractivity (Wildman–Crippen MR) is 58.5 cm³/mol. The van der Waals surface area contributed by atoms with Gasteiger partial charge in [-0.2, -0.15) is 4.52 Å². The van der Waals surface area contributed by atoms with E-state index in [0.717, 1.165) is 4.52 Å². The van der Waals surface area contributed by atoms with Crippen LogP contribution in [0.15, 0.2) is 30.0 Å². The fourth-order valence-electron chi connectivity index (χ4n) is 1.31. The van der Waals surface area contributed by atoms with E-state index in [4.69, 9.17) is 4.74 Å². The maximum Gasteiger partial charge on any atom is 0.310 e. The minimum absolute atomic E-state index is 0.123. The summed E-state index contributed by atoms with van der Waals surface area (Å²) in [4.78, 5) is 30.9. The molecule has 88 valence electrons. The molecule has 0 aliphatic carbocycles. The molecule has 0 radical (unpaired) electrons. The SMILES string of the molecule is C=CCOC(=O)Cc1cnc2nc[nH]n2c1=O. The van der Waals surface area contributed by atoms with Crippen molar-refractivity contribution in [1.82, 2.24) is 19.6 Å². The topological polar surface area (TPSA) is 89.3 Å². The first kappa shape index (κ1) is 11.1. The van der Waals surface area contributed by atoms with Gasteiger partial charge in [0, 0.05) is 11.8 Å². The van der Waals surface area contributed by atoms with E-state index in [9.17, 15) is 9.59 Å². The monoisotopic (exact) mass is 234 g/mol. The fraction of sp³-hybridized carbons (Fsp3) is 0.200. The molecule has 0 bridgehead atoms. The molecule has 2 aromatic heterocycles. The van der Waals surface area contributed by atoms with Crippen molar-refractivity contribution in [3.05, 3.63) is 41.1 Å². The minimum atomic E-state index is -0.497. The first-order valence-corrected chi connectivity index (χ1v) is 4.89. The lowest BCUT2D eigenvalue weighted by atomic mass is 10.2. The third kappa shape index (κ3) is 2.22. The van der Waals surface area contributed by atoms with Crippen LogP contribution in [0.3, 0.4) is 0 Å². The van der Waals surface area contributed by atoms with E-state index in [1.807, 2.05) is 0 Å². The first-order chi connectivity index (χ1) is 8.22. The van der Waals surface area contributed by atoms with Crippen molar-refractivity contribution < 1.29 is 9.53 Å². The number of fused-ring (bicyclic) bond motifs is 1. The van der Waals surface area contributed by atoms with Crippen LogP contribution in [0.25, 0.3) is 5.78 Å². The van der Waals surface area contributed by atoms with Crippen LogP contribution in [0, 0.1) is 0 Å². The Kier molecular flexibility index (Phi) is 2.99. The third-order valence-electron chi connectivity index (χ3n) is 2.08. The number of carbonyl (C=O) groups is 1. The number of nitrogens with zero attached hydrogens (tertiary/aromatic N) is 3. The molecule has 7 heteroatoms. The zero-order valence-electron chi connectivity index (χ0n) is 8.92. The molecule has 0 fully saturated rings. The molecule has 0 atom stereocenters. The number of nitrogens with one attached hydrogen (secondary N) is 1. The second kappa shape index (κ2) is 4.60. The highest BCUT2D eigenvalue weighted by atomic mass is 16.5. The highest BCUT2D eigenvalue weighted by molar-refractivity contribution is 5.72. The Hall–Kier alpha value is -2.44. The van der Waals surface area contributed by atoms with Crippen LogP contribution in [-0.4, -0.2) is 32.2 Å². The highest BCUT2D eigenvalue weighted by Crippen LogP contribution is 1.96. The smallest absolute Gasteiger partial charge is 0.310 e. The van der Waals surface area contributed by atoms with Gasteiger partial charge in [-0.05, 0) is 0 Å². The quantitative estimate of drug-likeness (QED) is 0.579. The van der Waals surface area contributed by atoms with Gasteiger partial charge in [-0.3, -0.25) is 14.7 Å². The van der Waals surface area contributed by atoms with Gasteiger partial charge in [0.2, 0.25) is 0 Å². The number of hydrogen-bond acceptors (Lipinski definition) is 5.